The Hall–Kier alpha value is -4.01. The van der Waals surface area contributed by atoms with Crippen molar-refractivity contribution in [3.63, 3.8) is 0 Å². The zero-order chi connectivity index (χ0) is 25.8. The molecule has 4 rings (SSSR count). The van der Waals surface area contributed by atoms with E-state index >= 15 is 0 Å². The van der Waals surface area contributed by atoms with E-state index in [0.717, 1.165) is 10.1 Å². The van der Waals surface area contributed by atoms with Crippen LogP contribution < -0.4 is 30.9 Å². The molecule has 36 heavy (non-hydrogen) atoms. The molecule has 0 unspecified atom stereocenters. The van der Waals surface area contributed by atoms with E-state index < -0.39 is 0 Å². The highest BCUT2D eigenvalue weighted by Gasteiger charge is 2.28. The van der Waals surface area contributed by atoms with E-state index in [9.17, 15) is 14.4 Å². The molecule has 2 heterocycles. The highest BCUT2D eigenvalue weighted by atomic mass is 16.5. The lowest BCUT2D eigenvalue weighted by Gasteiger charge is -2.34. The molecular formula is C27H32N4O5. The number of methoxy groups -OCH3 is 2. The van der Waals surface area contributed by atoms with E-state index in [-0.39, 0.29) is 23.1 Å². The summed E-state index contributed by atoms with van der Waals surface area (Å²) < 4.78 is 13.4. The number of hydrogen-bond donors (Lipinski definition) is 1. The van der Waals surface area contributed by atoms with Gasteiger partial charge in [-0.3, -0.25) is 18.7 Å². The molecule has 0 spiro atoms. The van der Waals surface area contributed by atoms with Crippen molar-refractivity contribution < 1.29 is 14.3 Å². The Morgan fingerprint density at radius 3 is 2.36 bits per heavy atom. The van der Waals surface area contributed by atoms with Crippen molar-refractivity contribution >= 4 is 11.6 Å². The van der Waals surface area contributed by atoms with Gasteiger partial charge in [-0.2, -0.15) is 0 Å². The van der Waals surface area contributed by atoms with Gasteiger partial charge in [0.05, 0.1) is 25.6 Å². The molecule has 1 N–H and O–H groups in total. The van der Waals surface area contributed by atoms with Gasteiger partial charge in [0.2, 0.25) is 5.91 Å². The van der Waals surface area contributed by atoms with E-state index in [1.807, 2.05) is 53.4 Å². The van der Waals surface area contributed by atoms with Gasteiger partial charge in [-0.15, -0.1) is 0 Å². The minimum atomic E-state index is -0.380. The van der Waals surface area contributed by atoms with E-state index in [4.69, 9.17) is 9.47 Å². The van der Waals surface area contributed by atoms with Gasteiger partial charge >= 0.3 is 5.69 Å². The molecule has 1 amide bonds. The number of carbonyl (C=O) groups excluding carboxylic acids is 1. The quantitative estimate of drug-likeness (QED) is 0.544. The number of amides is 1. The highest BCUT2D eigenvalue weighted by Crippen LogP contribution is 2.26. The maximum absolute atomic E-state index is 13.1. The van der Waals surface area contributed by atoms with Crippen LogP contribution in [-0.2, 0) is 18.4 Å². The Morgan fingerprint density at radius 1 is 1.03 bits per heavy atom. The Bertz CT molecular complexity index is 1360. The second-order valence-electron chi connectivity index (χ2n) is 8.91. The van der Waals surface area contributed by atoms with Gasteiger partial charge < -0.3 is 19.7 Å². The Labute approximate surface area is 209 Å². The SMILES string of the molecule is COc1ccc(OC)c(CNC(=O)C2CCN(c3c(C)n(-c4ccccc4)c(=O)n(C)c3=O)CC2)c1. The van der Waals surface area contributed by atoms with Gasteiger partial charge in [-0.1, -0.05) is 18.2 Å². The fourth-order valence-electron chi connectivity index (χ4n) is 4.76. The summed E-state index contributed by atoms with van der Waals surface area (Å²) in [5.74, 6) is 1.19. The smallest absolute Gasteiger partial charge is 0.335 e. The molecule has 1 fully saturated rings. The van der Waals surface area contributed by atoms with Crippen LogP contribution in [0.25, 0.3) is 5.69 Å². The van der Waals surface area contributed by atoms with Crippen LogP contribution >= 0.6 is 0 Å². The van der Waals surface area contributed by atoms with Crippen LogP contribution in [0.2, 0.25) is 0 Å². The molecule has 0 saturated carbocycles. The monoisotopic (exact) mass is 492 g/mol. The largest absolute Gasteiger partial charge is 0.497 e. The number of anilines is 1. The normalized spacial score (nSPS) is 13.9. The van der Waals surface area contributed by atoms with Crippen LogP contribution in [-0.4, -0.2) is 42.4 Å². The van der Waals surface area contributed by atoms with Gasteiger partial charge in [0.1, 0.15) is 17.2 Å². The lowest BCUT2D eigenvalue weighted by Crippen LogP contribution is -2.46. The van der Waals surface area contributed by atoms with Gasteiger partial charge in [0.15, 0.2) is 0 Å². The van der Waals surface area contributed by atoms with Crippen molar-refractivity contribution in [2.24, 2.45) is 13.0 Å². The van der Waals surface area contributed by atoms with Gasteiger partial charge in [0.25, 0.3) is 5.56 Å². The maximum atomic E-state index is 13.1. The molecule has 3 aromatic rings. The number of nitrogens with one attached hydrogen (secondary N) is 1. The number of rotatable bonds is 7. The van der Waals surface area contributed by atoms with Crippen LogP contribution in [0.3, 0.4) is 0 Å². The summed E-state index contributed by atoms with van der Waals surface area (Å²) in [7, 11) is 4.69. The van der Waals surface area contributed by atoms with Crippen LogP contribution in [0, 0.1) is 12.8 Å². The fourth-order valence-corrected chi connectivity index (χ4v) is 4.76. The van der Waals surface area contributed by atoms with E-state index in [1.54, 1.807) is 25.7 Å². The molecule has 1 aliphatic rings. The number of hydrogen-bond acceptors (Lipinski definition) is 6. The molecule has 0 radical (unpaired) electrons. The summed E-state index contributed by atoms with van der Waals surface area (Å²) in [4.78, 5) is 40.9. The molecule has 1 aliphatic heterocycles. The third-order valence-electron chi connectivity index (χ3n) is 6.80. The maximum Gasteiger partial charge on any atom is 0.335 e. The van der Waals surface area contributed by atoms with Crippen LogP contribution in [0.4, 0.5) is 5.69 Å². The number of ether oxygens (including phenoxy) is 2. The summed E-state index contributed by atoms with van der Waals surface area (Å²) >= 11 is 0. The third-order valence-corrected chi connectivity index (χ3v) is 6.80. The molecule has 0 atom stereocenters. The number of nitrogens with zero attached hydrogens (tertiary/aromatic N) is 3. The van der Waals surface area contributed by atoms with Crippen molar-refractivity contribution in [3.8, 4) is 17.2 Å². The average Bonchev–Trinajstić information content (AvgIpc) is 2.91. The fraction of sp³-hybridized carbons (Fsp3) is 0.370. The Morgan fingerprint density at radius 2 is 1.72 bits per heavy atom. The highest BCUT2D eigenvalue weighted by molar-refractivity contribution is 5.79. The van der Waals surface area contributed by atoms with Gasteiger partial charge in [-0.25, -0.2) is 4.79 Å². The molecular weight excluding hydrogens is 460 g/mol. The Balaban J connectivity index is 1.48. The van der Waals surface area contributed by atoms with Crippen molar-refractivity contribution in [1.82, 2.24) is 14.5 Å². The van der Waals surface area contributed by atoms with E-state index in [2.05, 4.69) is 5.32 Å². The summed E-state index contributed by atoms with van der Waals surface area (Å²) in [5.41, 5.74) is 1.94. The first kappa shape index (κ1) is 25.1. The zero-order valence-corrected chi connectivity index (χ0v) is 21.1. The summed E-state index contributed by atoms with van der Waals surface area (Å²) in [5, 5.41) is 3.01. The first-order valence-corrected chi connectivity index (χ1v) is 12.0. The summed E-state index contributed by atoms with van der Waals surface area (Å²) in [6.07, 6.45) is 1.21. The zero-order valence-electron chi connectivity index (χ0n) is 21.1. The molecule has 2 aromatic carbocycles. The molecule has 0 bridgehead atoms. The summed E-state index contributed by atoms with van der Waals surface area (Å²) in [6, 6.07) is 14.8. The average molecular weight is 493 g/mol. The second kappa shape index (κ2) is 10.7. The van der Waals surface area contributed by atoms with Crippen molar-refractivity contribution in [1.29, 1.82) is 0 Å². The standard InChI is InChI=1S/C27H32N4O5/c1-18-24(26(33)29(2)27(34)31(18)21-8-6-5-7-9-21)30-14-12-19(13-15-30)25(32)28-17-20-16-22(35-3)10-11-23(20)36-4/h5-11,16,19H,12-15,17H2,1-4H3,(H,28,32). The third kappa shape index (κ3) is 4.86. The number of benzene rings is 2. The van der Waals surface area contributed by atoms with Gasteiger partial charge in [0, 0.05) is 38.2 Å². The lowest BCUT2D eigenvalue weighted by molar-refractivity contribution is -0.125. The molecule has 0 aliphatic carbocycles. The minimum absolute atomic E-state index is 0.0293. The number of para-hydroxylation sites is 1. The summed E-state index contributed by atoms with van der Waals surface area (Å²) in [6.45, 7) is 3.22. The van der Waals surface area contributed by atoms with Crippen LogP contribution in [0.5, 0.6) is 11.5 Å². The topological polar surface area (TPSA) is 94.8 Å². The first-order valence-electron chi connectivity index (χ1n) is 12.0. The molecule has 9 nitrogen and oxygen atoms in total. The lowest BCUT2D eigenvalue weighted by atomic mass is 9.95. The predicted octanol–water partition coefficient (Wildman–Crippen LogP) is 2.39. The number of aromatic nitrogens is 2. The Kier molecular flexibility index (Phi) is 7.47. The first-order chi connectivity index (χ1) is 17.3. The van der Waals surface area contributed by atoms with Crippen LogP contribution in [0.15, 0.2) is 58.1 Å². The van der Waals surface area contributed by atoms with E-state index in [1.165, 1.54) is 7.05 Å². The molecule has 190 valence electrons. The molecule has 9 heteroatoms. The van der Waals surface area contributed by atoms with Crippen molar-refractivity contribution in [3.05, 3.63) is 80.6 Å². The second-order valence-corrected chi connectivity index (χ2v) is 8.91. The minimum Gasteiger partial charge on any atom is -0.497 e. The van der Waals surface area contributed by atoms with Crippen molar-refractivity contribution in [2.75, 3.05) is 32.2 Å². The van der Waals surface area contributed by atoms with Crippen LogP contribution in [0.1, 0.15) is 24.1 Å². The predicted molar refractivity (Wildman–Crippen MR) is 138 cm³/mol. The van der Waals surface area contributed by atoms with Gasteiger partial charge in [-0.05, 0) is 50.1 Å². The number of carbonyl (C=O) groups is 1. The molecule has 1 aromatic heterocycles. The van der Waals surface area contributed by atoms with Crippen molar-refractivity contribution in [2.45, 2.75) is 26.3 Å². The number of piperidine rings is 1. The molecule has 1 saturated heterocycles. The van der Waals surface area contributed by atoms with E-state index in [0.29, 0.717) is 61.0 Å².